The number of aryl methyl sites for hydroxylation is 1. The second-order valence-electron chi connectivity index (χ2n) is 6.38. The summed E-state index contributed by atoms with van der Waals surface area (Å²) < 4.78 is 7.30. The SMILES string of the molecule is CN(C(=O)OC(C)(C)C)C(C=O)c1cccc2ccn(C)c12. The number of hydrogen-bond donors (Lipinski definition) is 0. The summed E-state index contributed by atoms with van der Waals surface area (Å²) >= 11 is 0. The van der Waals surface area contributed by atoms with E-state index >= 15 is 0 Å². The standard InChI is InChI=1S/C17H22N2O3/c1-17(2,3)22-16(21)19(5)14(11-20)13-8-6-7-12-9-10-18(4)15(12)13/h6-11,14H,1-5H3. The Morgan fingerprint density at radius 2 is 2.00 bits per heavy atom. The highest BCUT2D eigenvalue weighted by Gasteiger charge is 2.27. The molecule has 22 heavy (non-hydrogen) atoms. The fourth-order valence-electron chi connectivity index (χ4n) is 2.45. The summed E-state index contributed by atoms with van der Waals surface area (Å²) in [5, 5.41) is 1.03. The lowest BCUT2D eigenvalue weighted by Gasteiger charge is -2.28. The van der Waals surface area contributed by atoms with E-state index in [-0.39, 0.29) is 0 Å². The first kappa shape index (κ1) is 16.1. The van der Waals surface area contributed by atoms with Crippen molar-refractivity contribution < 1.29 is 14.3 Å². The van der Waals surface area contributed by atoms with Crippen molar-refractivity contribution >= 4 is 23.3 Å². The number of benzene rings is 1. The van der Waals surface area contributed by atoms with E-state index in [1.54, 1.807) is 27.8 Å². The number of aromatic nitrogens is 1. The highest BCUT2D eigenvalue weighted by Crippen LogP contribution is 2.28. The smallest absolute Gasteiger partial charge is 0.410 e. The summed E-state index contributed by atoms with van der Waals surface area (Å²) in [6.07, 6.45) is 2.19. The first-order valence-electron chi connectivity index (χ1n) is 7.19. The molecule has 0 bridgehead atoms. The minimum absolute atomic E-state index is 0.518. The number of para-hydroxylation sites is 1. The first-order valence-corrected chi connectivity index (χ1v) is 7.19. The molecular weight excluding hydrogens is 280 g/mol. The molecule has 1 amide bonds. The Balaban J connectivity index is 2.40. The molecule has 0 aliphatic rings. The number of carbonyl (C=O) groups is 2. The van der Waals surface area contributed by atoms with Crippen molar-refractivity contribution in [1.82, 2.24) is 9.47 Å². The molecule has 0 N–H and O–H groups in total. The van der Waals surface area contributed by atoms with E-state index in [4.69, 9.17) is 4.74 Å². The van der Waals surface area contributed by atoms with Crippen molar-refractivity contribution in [3.8, 4) is 0 Å². The summed E-state index contributed by atoms with van der Waals surface area (Å²) in [4.78, 5) is 25.2. The maximum atomic E-state index is 12.2. The highest BCUT2D eigenvalue weighted by molar-refractivity contribution is 5.87. The molecule has 0 radical (unpaired) electrons. The molecule has 0 saturated heterocycles. The van der Waals surface area contributed by atoms with Crippen LogP contribution in [0.25, 0.3) is 10.9 Å². The summed E-state index contributed by atoms with van der Waals surface area (Å²) in [6, 6.07) is 7.02. The molecule has 5 nitrogen and oxygen atoms in total. The van der Waals surface area contributed by atoms with Gasteiger partial charge in [0, 0.05) is 25.9 Å². The van der Waals surface area contributed by atoms with Crippen LogP contribution in [0.4, 0.5) is 4.79 Å². The van der Waals surface area contributed by atoms with E-state index in [2.05, 4.69) is 0 Å². The molecule has 1 heterocycles. The van der Waals surface area contributed by atoms with E-state index in [9.17, 15) is 9.59 Å². The maximum Gasteiger partial charge on any atom is 0.410 e. The Bertz CT molecular complexity index is 697. The van der Waals surface area contributed by atoms with Crippen LogP contribution in [-0.4, -0.2) is 34.5 Å². The van der Waals surface area contributed by atoms with Crippen molar-refractivity contribution in [2.24, 2.45) is 7.05 Å². The molecule has 2 aromatic rings. The topological polar surface area (TPSA) is 51.5 Å². The van der Waals surface area contributed by atoms with Crippen molar-refractivity contribution in [1.29, 1.82) is 0 Å². The summed E-state index contributed by atoms with van der Waals surface area (Å²) in [5.41, 5.74) is 1.12. The number of fused-ring (bicyclic) bond motifs is 1. The number of amides is 1. The highest BCUT2D eigenvalue weighted by atomic mass is 16.6. The molecule has 0 aliphatic heterocycles. The van der Waals surface area contributed by atoms with Gasteiger partial charge in [0.15, 0.2) is 0 Å². The Morgan fingerprint density at radius 1 is 1.32 bits per heavy atom. The lowest BCUT2D eigenvalue weighted by Crippen LogP contribution is -2.37. The molecule has 2 rings (SSSR count). The Kier molecular flexibility index (Phi) is 4.26. The maximum absolute atomic E-state index is 12.2. The molecular formula is C17H22N2O3. The van der Waals surface area contributed by atoms with Crippen LogP contribution in [0, 0.1) is 0 Å². The fourth-order valence-corrected chi connectivity index (χ4v) is 2.45. The van der Waals surface area contributed by atoms with Crippen molar-refractivity contribution in [2.45, 2.75) is 32.4 Å². The number of likely N-dealkylation sites (N-methyl/N-ethyl adjacent to an activating group) is 1. The van der Waals surface area contributed by atoms with Gasteiger partial charge in [-0.1, -0.05) is 18.2 Å². The summed E-state index contributed by atoms with van der Waals surface area (Å²) in [5.74, 6) is 0. The molecule has 5 heteroatoms. The van der Waals surface area contributed by atoms with Gasteiger partial charge in [0.1, 0.15) is 17.9 Å². The molecule has 118 valence electrons. The monoisotopic (exact) mass is 302 g/mol. The van der Waals surface area contributed by atoms with Crippen LogP contribution in [-0.2, 0) is 16.6 Å². The fraction of sp³-hybridized carbons (Fsp3) is 0.412. The third-order valence-electron chi connectivity index (χ3n) is 3.48. The average Bonchev–Trinajstić information content (AvgIpc) is 2.80. The number of hydrogen-bond acceptors (Lipinski definition) is 3. The lowest BCUT2D eigenvalue weighted by molar-refractivity contribution is -0.112. The van der Waals surface area contributed by atoms with Crippen LogP contribution < -0.4 is 0 Å². The largest absolute Gasteiger partial charge is 0.444 e. The Hall–Kier alpha value is -2.30. The molecule has 0 aliphatic carbocycles. The Morgan fingerprint density at radius 3 is 2.59 bits per heavy atom. The van der Waals surface area contributed by atoms with Gasteiger partial charge in [-0.05, 0) is 32.2 Å². The average molecular weight is 302 g/mol. The number of ether oxygens (including phenoxy) is 1. The minimum Gasteiger partial charge on any atom is -0.444 e. The zero-order valence-corrected chi connectivity index (χ0v) is 13.7. The van der Waals surface area contributed by atoms with Gasteiger partial charge in [0.05, 0.1) is 5.52 Å². The zero-order valence-electron chi connectivity index (χ0n) is 13.7. The van der Waals surface area contributed by atoms with Gasteiger partial charge in [-0.15, -0.1) is 0 Å². The Labute approximate surface area is 130 Å². The van der Waals surface area contributed by atoms with Crippen LogP contribution in [0.3, 0.4) is 0 Å². The van der Waals surface area contributed by atoms with Crippen molar-refractivity contribution in [3.05, 3.63) is 36.0 Å². The van der Waals surface area contributed by atoms with Crippen LogP contribution in [0.15, 0.2) is 30.5 Å². The van der Waals surface area contributed by atoms with Gasteiger partial charge < -0.3 is 14.1 Å². The third kappa shape index (κ3) is 3.13. The normalized spacial score (nSPS) is 13.0. The minimum atomic E-state index is -0.688. The van der Waals surface area contributed by atoms with E-state index in [1.165, 1.54) is 4.90 Å². The predicted molar refractivity (Wildman–Crippen MR) is 85.7 cm³/mol. The molecule has 0 spiro atoms. The molecule has 0 saturated carbocycles. The molecule has 1 aromatic heterocycles. The van der Waals surface area contributed by atoms with E-state index in [1.807, 2.05) is 42.1 Å². The van der Waals surface area contributed by atoms with Crippen LogP contribution >= 0.6 is 0 Å². The van der Waals surface area contributed by atoms with Gasteiger partial charge in [-0.2, -0.15) is 0 Å². The van der Waals surface area contributed by atoms with E-state index < -0.39 is 17.7 Å². The number of carbonyl (C=O) groups excluding carboxylic acids is 2. The lowest BCUT2D eigenvalue weighted by atomic mass is 10.0. The quantitative estimate of drug-likeness (QED) is 0.818. The molecule has 1 atom stereocenters. The molecule has 0 fully saturated rings. The van der Waals surface area contributed by atoms with Crippen molar-refractivity contribution in [2.75, 3.05) is 7.05 Å². The third-order valence-corrected chi connectivity index (χ3v) is 3.48. The number of nitrogens with zero attached hydrogens (tertiary/aromatic N) is 2. The van der Waals surface area contributed by atoms with Crippen LogP contribution in [0.5, 0.6) is 0 Å². The van der Waals surface area contributed by atoms with Gasteiger partial charge in [0.25, 0.3) is 0 Å². The first-order chi connectivity index (χ1) is 10.2. The number of rotatable bonds is 3. The second-order valence-corrected chi connectivity index (χ2v) is 6.38. The van der Waals surface area contributed by atoms with Crippen LogP contribution in [0.1, 0.15) is 32.4 Å². The predicted octanol–water partition coefficient (Wildman–Crippen LogP) is 3.29. The molecule has 1 aromatic carbocycles. The zero-order chi connectivity index (χ0) is 16.5. The van der Waals surface area contributed by atoms with Crippen LogP contribution in [0.2, 0.25) is 0 Å². The van der Waals surface area contributed by atoms with Gasteiger partial charge in [0.2, 0.25) is 0 Å². The second kappa shape index (κ2) is 5.83. The molecule has 1 unspecified atom stereocenters. The van der Waals surface area contributed by atoms with Crippen molar-refractivity contribution in [3.63, 3.8) is 0 Å². The van der Waals surface area contributed by atoms with Gasteiger partial charge >= 0.3 is 6.09 Å². The number of aldehydes is 1. The summed E-state index contributed by atoms with van der Waals surface area (Å²) in [7, 11) is 3.50. The van der Waals surface area contributed by atoms with E-state index in [0.717, 1.165) is 22.8 Å². The van der Waals surface area contributed by atoms with Gasteiger partial charge in [-0.25, -0.2) is 4.79 Å². The van der Waals surface area contributed by atoms with E-state index in [0.29, 0.717) is 0 Å². The summed E-state index contributed by atoms with van der Waals surface area (Å²) in [6.45, 7) is 5.39. The van der Waals surface area contributed by atoms with Gasteiger partial charge in [-0.3, -0.25) is 4.90 Å².